The van der Waals surface area contributed by atoms with Gasteiger partial charge in [0.05, 0.1) is 23.1 Å². The van der Waals surface area contributed by atoms with Gasteiger partial charge >= 0.3 is 0 Å². The SMILES string of the molecule is CCC1C(c2ccccc2)=NC(c2ccccc2)=NC1c1ccc(-c2ccc3ccccc3c2-c2cc(-c3ccccc3)nc(-c3ccccc3)c2)cc1. The average Bonchev–Trinajstić information content (AvgIpc) is 3.26. The highest BCUT2D eigenvalue weighted by Gasteiger charge is 2.31. The quantitative estimate of drug-likeness (QED) is 0.156. The van der Waals surface area contributed by atoms with Crippen LogP contribution in [0.5, 0.6) is 0 Å². The number of fused-ring (bicyclic) bond motifs is 1. The van der Waals surface area contributed by atoms with Gasteiger partial charge in [-0.3, -0.25) is 4.99 Å². The third-order valence-corrected chi connectivity index (χ3v) is 10.5. The Morgan fingerprint density at radius 2 is 1.00 bits per heavy atom. The first-order valence-corrected chi connectivity index (χ1v) is 18.8. The van der Waals surface area contributed by atoms with Crippen molar-refractivity contribution in [1.29, 1.82) is 0 Å². The highest BCUT2D eigenvalue weighted by atomic mass is 15.0. The van der Waals surface area contributed by atoms with E-state index in [-0.39, 0.29) is 12.0 Å². The molecular weight excluding hydrogens is 655 g/mol. The predicted molar refractivity (Wildman–Crippen MR) is 226 cm³/mol. The van der Waals surface area contributed by atoms with Gasteiger partial charge in [-0.25, -0.2) is 9.98 Å². The summed E-state index contributed by atoms with van der Waals surface area (Å²) < 4.78 is 0. The molecule has 2 unspecified atom stereocenters. The van der Waals surface area contributed by atoms with E-state index in [1.165, 1.54) is 27.5 Å². The summed E-state index contributed by atoms with van der Waals surface area (Å²) in [6.45, 7) is 2.25. The molecule has 7 aromatic carbocycles. The molecule has 0 fully saturated rings. The average molecular weight is 694 g/mol. The van der Waals surface area contributed by atoms with Crippen LogP contribution in [0, 0.1) is 5.92 Å². The molecule has 0 radical (unpaired) electrons. The van der Waals surface area contributed by atoms with Crippen LogP contribution in [-0.2, 0) is 0 Å². The second-order valence-corrected chi connectivity index (χ2v) is 13.8. The lowest BCUT2D eigenvalue weighted by atomic mass is 9.82. The first-order chi connectivity index (χ1) is 26.7. The summed E-state index contributed by atoms with van der Waals surface area (Å²) in [5.41, 5.74) is 13.2. The van der Waals surface area contributed by atoms with E-state index in [0.29, 0.717) is 0 Å². The molecule has 0 N–H and O–H groups in total. The van der Waals surface area contributed by atoms with E-state index in [0.717, 1.165) is 62.7 Å². The van der Waals surface area contributed by atoms with Crippen molar-refractivity contribution in [3.05, 3.63) is 211 Å². The van der Waals surface area contributed by atoms with Gasteiger partial charge in [0.25, 0.3) is 0 Å². The predicted octanol–water partition coefficient (Wildman–Crippen LogP) is 12.9. The highest BCUT2D eigenvalue weighted by Crippen LogP contribution is 2.42. The summed E-state index contributed by atoms with van der Waals surface area (Å²) in [5, 5.41) is 2.41. The van der Waals surface area contributed by atoms with Crippen LogP contribution in [0.3, 0.4) is 0 Å². The van der Waals surface area contributed by atoms with Gasteiger partial charge in [0.15, 0.2) is 5.84 Å². The number of benzene rings is 7. The maximum absolute atomic E-state index is 5.36. The van der Waals surface area contributed by atoms with Crippen molar-refractivity contribution in [2.24, 2.45) is 15.9 Å². The molecule has 0 bridgehead atoms. The molecule has 0 aliphatic carbocycles. The molecule has 3 nitrogen and oxygen atoms in total. The summed E-state index contributed by atoms with van der Waals surface area (Å²) in [6, 6.07) is 68.7. The Hall–Kier alpha value is -6.71. The molecule has 258 valence electrons. The second-order valence-electron chi connectivity index (χ2n) is 13.8. The van der Waals surface area contributed by atoms with Gasteiger partial charge in [0.2, 0.25) is 0 Å². The summed E-state index contributed by atoms with van der Waals surface area (Å²) >= 11 is 0. The van der Waals surface area contributed by atoms with Crippen molar-refractivity contribution in [2.75, 3.05) is 0 Å². The monoisotopic (exact) mass is 693 g/mol. The Kier molecular flexibility index (Phi) is 9.04. The van der Waals surface area contributed by atoms with E-state index in [9.17, 15) is 0 Å². The molecule has 2 heterocycles. The van der Waals surface area contributed by atoms with Crippen LogP contribution in [0.4, 0.5) is 0 Å². The summed E-state index contributed by atoms with van der Waals surface area (Å²) in [6.07, 6.45) is 0.927. The van der Waals surface area contributed by atoms with Crippen molar-refractivity contribution in [3.63, 3.8) is 0 Å². The zero-order chi connectivity index (χ0) is 36.3. The molecule has 1 aliphatic heterocycles. The summed E-state index contributed by atoms with van der Waals surface area (Å²) in [7, 11) is 0. The molecule has 54 heavy (non-hydrogen) atoms. The maximum Gasteiger partial charge on any atom is 0.155 e. The molecular formula is C51H39N3. The Balaban J connectivity index is 1.18. The molecule has 3 heteroatoms. The van der Waals surface area contributed by atoms with Crippen molar-refractivity contribution >= 4 is 22.3 Å². The van der Waals surface area contributed by atoms with Crippen molar-refractivity contribution < 1.29 is 0 Å². The molecule has 8 aromatic rings. The van der Waals surface area contributed by atoms with Gasteiger partial charge in [0.1, 0.15) is 0 Å². The van der Waals surface area contributed by atoms with E-state index in [2.05, 4.69) is 195 Å². The van der Waals surface area contributed by atoms with E-state index >= 15 is 0 Å². The van der Waals surface area contributed by atoms with Crippen LogP contribution in [-0.4, -0.2) is 16.5 Å². The molecule has 0 spiro atoms. The van der Waals surface area contributed by atoms with E-state index in [1.807, 2.05) is 6.07 Å². The zero-order valence-corrected chi connectivity index (χ0v) is 30.2. The van der Waals surface area contributed by atoms with Gasteiger partial charge in [-0.15, -0.1) is 0 Å². The van der Waals surface area contributed by atoms with Gasteiger partial charge in [-0.05, 0) is 62.7 Å². The Bertz CT molecular complexity index is 2550. The Morgan fingerprint density at radius 1 is 0.463 bits per heavy atom. The van der Waals surface area contributed by atoms with E-state index in [4.69, 9.17) is 15.0 Å². The van der Waals surface area contributed by atoms with Crippen LogP contribution >= 0.6 is 0 Å². The number of nitrogens with zero attached hydrogens (tertiary/aromatic N) is 3. The first-order valence-electron chi connectivity index (χ1n) is 18.8. The fourth-order valence-corrected chi connectivity index (χ4v) is 7.81. The standard InChI is InChI=1S/C51H39N3/c1-2-43-49(39-22-11-5-12-23-39)53-51(41-24-13-6-14-25-41)54-50(43)40-29-27-36(28-30-40)45-32-31-35-17-15-16-26-44(35)48(45)42-33-46(37-18-7-3-8-19-37)52-47(34-42)38-20-9-4-10-21-38/h3-34,43,50H,2H2,1H3. The summed E-state index contributed by atoms with van der Waals surface area (Å²) in [4.78, 5) is 15.8. The van der Waals surface area contributed by atoms with Crippen LogP contribution in [0.25, 0.3) is 55.5 Å². The number of hydrogen-bond donors (Lipinski definition) is 0. The van der Waals surface area contributed by atoms with E-state index in [1.54, 1.807) is 0 Å². The fraction of sp³-hybridized carbons (Fsp3) is 0.0784. The molecule has 1 aliphatic rings. The number of amidine groups is 1. The number of aliphatic imine (C=N–C) groups is 2. The lowest BCUT2D eigenvalue weighted by molar-refractivity contribution is 0.532. The smallest absolute Gasteiger partial charge is 0.155 e. The minimum absolute atomic E-state index is 0.0647. The lowest BCUT2D eigenvalue weighted by Crippen LogP contribution is -2.28. The minimum Gasteiger partial charge on any atom is -0.257 e. The maximum atomic E-state index is 5.36. The minimum atomic E-state index is -0.0647. The second kappa shape index (κ2) is 14.7. The molecule has 0 saturated heterocycles. The van der Waals surface area contributed by atoms with Gasteiger partial charge in [0, 0.05) is 22.6 Å². The van der Waals surface area contributed by atoms with Gasteiger partial charge < -0.3 is 0 Å². The van der Waals surface area contributed by atoms with Crippen molar-refractivity contribution in [1.82, 2.24) is 4.98 Å². The summed E-state index contributed by atoms with van der Waals surface area (Å²) in [5.74, 6) is 0.928. The molecule has 0 amide bonds. The zero-order valence-electron chi connectivity index (χ0n) is 30.2. The highest BCUT2D eigenvalue weighted by molar-refractivity contribution is 6.15. The molecule has 2 atom stereocenters. The van der Waals surface area contributed by atoms with Crippen molar-refractivity contribution in [2.45, 2.75) is 19.4 Å². The van der Waals surface area contributed by atoms with Crippen LogP contribution in [0.15, 0.2) is 204 Å². The van der Waals surface area contributed by atoms with Gasteiger partial charge in [-0.2, -0.15) is 0 Å². The van der Waals surface area contributed by atoms with E-state index < -0.39 is 0 Å². The number of aromatic nitrogens is 1. The number of pyridine rings is 1. The number of hydrogen-bond acceptors (Lipinski definition) is 3. The van der Waals surface area contributed by atoms with Crippen LogP contribution in [0.1, 0.15) is 36.1 Å². The first kappa shape index (κ1) is 33.1. The van der Waals surface area contributed by atoms with Crippen LogP contribution in [0.2, 0.25) is 0 Å². The lowest BCUT2D eigenvalue weighted by Gasteiger charge is -2.30. The Morgan fingerprint density at radius 3 is 1.59 bits per heavy atom. The molecule has 1 aromatic heterocycles. The number of rotatable bonds is 8. The van der Waals surface area contributed by atoms with Crippen molar-refractivity contribution in [3.8, 4) is 44.8 Å². The third kappa shape index (κ3) is 6.46. The van der Waals surface area contributed by atoms with Gasteiger partial charge in [-0.1, -0.05) is 189 Å². The fourth-order valence-electron chi connectivity index (χ4n) is 7.81. The van der Waals surface area contributed by atoms with Crippen LogP contribution < -0.4 is 0 Å². The molecule has 9 rings (SSSR count). The topological polar surface area (TPSA) is 37.6 Å². The third-order valence-electron chi connectivity index (χ3n) is 10.5. The largest absolute Gasteiger partial charge is 0.257 e. The Labute approximate surface area is 317 Å². The normalized spacial score (nSPS) is 15.4. The molecule has 0 saturated carbocycles.